The van der Waals surface area contributed by atoms with E-state index in [9.17, 15) is 18.0 Å². The summed E-state index contributed by atoms with van der Waals surface area (Å²) in [7, 11) is -3.86. The summed E-state index contributed by atoms with van der Waals surface area (Å²) >= 11 is 6.18. The smallest absolute Gasteiger partial charge is 0.338 e. The highest BCUT2D eigenvalue weighted by Crippen LogP contribution is 2.29. The van der Waals surface area contributed by atoms with Crippen molar-refractivity contribution in [3.63, 3.8) is 0 Å². The molecule has 3 rings (SSSR count). The molecule has 9 heteroatoms. The molecule has 2 aromatic carbocycles. The number of carbonyl (C=O) groups excluding carboxylic acids is 2. The predicted molar refractivity (Wildman–Crippen MR) is 123 cm³/mol. The average Bonchev–Trinajstić information content (AvgIpc) is 2.73. The van der Waals surface area contributed by atoms with Crippen molar-refractivity contribution >= 4 is 39.2 Å². The number of halogens is 1. The van der Waals surface area contributed by atoms with E-state index in [1.807, 2.05) is 19.9 Å². The van der Waals surface area contributed by atoms with Crippen molar-refractivity contribution in [3.8, 4) is 0 Å². The number of nitrogens with one attached hydrogen (secondary N) is 1. The van der Waals surface area contributed by atoms with Crippen LogP contribution in [0.5, 0.6) is 0 Å². The van der Waals surface area contributed by atoms with Gasteiger partial charge in [-0.2, -0.15) is 4.31 Å². The fraction of sp³-hybridized carbons (Fsp3) is 0.391. The molecule has 0 aliphatic carbocycles. The lowest BCUT2D eigenvalue weighted by atomic mass is 10.0. The molecule has 0 spiro atoms. The van der Waals surface area contributed by atoms with E-state index in [2.05, 4.69) is 5.32 Å². The second-order valence-corrected chi connectivity index (χ2v) is 10.5. The van der Waals surface area contributed by atoms with E-state index in [1.165, 1.54) is 29.4 Å². The lowest BCUT2D eigenvalue weighted by Crippen LogP contribution is -2.39. The van der Waals surface area contributed by atoms with Gasteiger partial charge in [0.15, 0.2) is 6.10 Å². The number of amides is 1. The fourth-order valence-electron chi connectivity index (χ4n) is 3.58. The van der Waals surface area contributed by atoms with Crippen LogP contribution in [0.15, 0.2) is 47.4 Å². The molecule has 0 radical (unpaired) electrons. The number of esters is 1. The van der Waals surface area contributed by atoms with Crippen LogP contribution < -0.4 is 5.32 Å². The van der Waals surface area contributed by atoms with Gasteiger partial charge in [-0.3, -0.25) is 4.79 Å². The molecule has 2 aromatic rings. The van der Waals surface area contributed by atoms with Crippen molar-refractivity contribution in [2.45, 2.75) is 44.6 Å². The standard InChI is InChI=1S/C23H27ClN2O5S/c1-15-6-4-8-19(12-15)25-22(27)17(3)31-23(28)18-9-10-20(24)21(13-18)32(29,30)26-11-5-7-16(2)14-26/h4,6,8-10,12-13,16-17H,5,7,11,14H2,1-3H3,(H,25,27). The van der Waals surface area contributed by atoms with Gasteiger partial charge in [0.05, 0.1) is 10.6 Å². The first-order valence-electron chi connectivity index (χ1n) is 10.5. The molecule has 1 heterocycles. The second kappa shape index (κ2) is 10.0. The Morgan fingerprint density at radius 2 is 1.97 bits per heavy atom. The number of nitrogens with zero attached hydrogens (tertiary/aromatic N) is 1. The minimum absolute atomic E-state index is 0.00763. The number of anilines is 1. The molecule has 1 saturated heterocycles. The topological polar surface area (TPSA) is 92.8 Å². The maximum Gasteiger partial charge on any atom is 0.338 e. The second-order valence-electron chi connectivity index (χ2n) is 8.16. The number of hydrogen-bond acceptors (Lipinski definition) is 5. The first kappa shape index (κ1) is 24.2. The number of aryl methyl sites for hydroxylation is 1. The van der Waals surface area contributed by atoms with Crippen molar-refractivity contribution in [1.82, 2.24) is 4.31 Å². The van der Waals surface area contributed by atoms with Crippen molar-refractivity contribution in [2.75, 3.05) is 18.4 Å². The van der Waals surface area contributed by atoms with Crippen molar-refractivity contribution < 1.29 is 22.7 Å². The summed E-state index contributed by atoms with van der Waals surface area (Å²) in [6.07, 6.45) is 0.656. The van der Waals surface area contributed by atoms with E-state index in [0.717, 1.165) is 18.4 Å². The zero-order valence-corrected chi connectivity index (χ0v) is 19.9. The molecule has 2 unspecified atom stereocenters. The minimum atomic E-state index is -3.86. The zero-order chi connectivity index (χ0) is 23.5. The molecule has 0 aromatic heterocycles. The van der Waals surface area contributed by atoms with E-state index in [0.29, 0.717) is 18.8 Å². The first-order valence-corrected chi connectivity index (χ1v) is 12.3. The monoisotopic (exact) mass is 478 g/mol. The summed E-state index contributed by atoms with van der Waals surface area (Å²) in [6.45, 7) is 6.17. The van der Waals surface area contributed by atoms with Crippen LogP contribution in [0.25, 0.3) is 0 Å². The van der Waals surface area contributed by atoms with Gasteiger partial charge in [0.2, 0.25) is 10.0 Å². The van der Waals surface area contributed by atoms with Crippen LogP contribution >= 0.6 is 11.6 Å². The molecule has 1 aliphatic heterocycles. The van der Waals surface area contributed by atoms with E-state index in [1.54, 1.807) is 18.2 Å². The minimum Gasteiger partial charge on any atom is -0.449 e. The summed E-state index contributed by atoms with van der Waals surface area (Å²) in [5, 5.41) is 2.72. The number of ether oxygens (including phenoxy) is 1. The van der Waals surface area contributed by atoms with Gasteiger partial charge in [-0.25, -0.2) is 13.2 Å². The lowest BCUT2D eigenvalue weighted by molar-refractivity contribution is -0.123. The molecule has 1 amide bonds. The Morgan fingerprint density at radius 1 is 1.22 bits per heavy atom. The van der Waals surface area contributed by atoms with Crippen molar-refractivity contribution in [2.24, 2.45) is 5.92 Å². The number of sulfonamides is 1. The van der Waals surface area contributed by atoms with Gasteiger partial charge in [0.25, 0.3) is 5.91 Å². The number of piperidine rings is 1. The Bertz CT molecular complexity index is 1120. The van der Waals surface area contributed by atoms with Gasteiger partial charge >= 0.3 is 5.97 Å². The third-order valence-corrected chi connectivity index (χ3v) is 7.69. The van der Waals surface area contributed by atoms with Crippen LogP contribution in [-0.4, -0.2) is 43.8 Å². The third-order valence-electron chi connectivity index (χ3n) is 5.34. The van der Waals surface area contributed by atoms with Crippen LogP contribution in [-0.2, 0) is 19.6 Å². The van der Waals surface area contributed by atoms with Gasteiger partial charge < -0.3 is 10.1 Å². The van der Waals surface area contributed by atoms with Gasteiger partial charge in [-0.15, -0.1) is 0 Å². The molecule has 2 atom stereocenters. The summed E-state index contributed by atoms with van der Waals surface area (Å²) in [5.41, 5.74) is 1.58. The van der Waals surface area contributed by atoms with Crippen molar-refractivity contribution in [3.05, 3.63) is 58.6 Å². The summed E-state index contributed by atoms with van der Waals surface area (Å²) in [5.74, 6) is -1.05. The number of rotatable bonds is 6. The quantitative estimate of drug-likeness (QED) is 0.626. The Labute approximate surface area is 193 Å². The fourth-order valence-corrected chi connectivity index (χ4v) is 5.68. The average molecular weight is 479 g/mol. The molecule has 172 valence electrons. The first-order chi connectivity index (χ1) is 15.1. The highest BCUT2D eigenvalue weighted by atomic mass is 35.5. The lowest BCUT2D eigenvalue weighted by Gasteiger charge is -2.30. The van der Waals surface area contributed by atoms with Crippen LogP contribution in [0.4, 0.5) is 5.69 Å². The van der Waals surface area contributed by atoms with Crippen molar-refractivity contribution in [1.29, 1.82) is 0 Å². The molecule has 7 nitrogen and oxygen atoms in total. The van der Waals surface area contributed by atoms with Gasteiger partial charge in [0.1, 0.15) is 4.90 Å². The summed E-state index contributed by atoms with van der Waals surface area (Å²) < 4.78 is 32.9. The van der Waals surface area contributed by atoms with E-state index in [-0.39, 0.29) is 21.4 Å². The van der Waals surface area contributed by atoms with Crippen LogP contribution in [0.1, 0.15) is 42.6 Å². The highest BCUT2D eigenvalue weighted by molar-refractivity contribution is 7.89. The molecule has 0 saturated carbocycles. The Balaban J connectivity index is 1.74. The Hall–Kier alpha value is -2.42. The molecule has 1 aliphatic rings. The summed E-state index contributed by atoms with van der Waals surface area (Å²) in [4.78, 5) is 24.9. The Kier molecular flexibility index (Phi) is 7.59. The molecule has 0 bridgehead atoms. The largest absolute Gasteiger partial charge is 0.449 e. The van der Waals surface area contributed by atoms with Gasteiger partial charge in [-0.05, 0) is 68.5 Å². The maximum atomic E-state index is 13.1. The summed E-state index contributed by atoms with van der Waals surface area (Å²) in [6, 6.07) is 11.2. The molecule has 32 heavy (non-hydrogen) atoms. The molecule has 1 fully saturated rings. The third kappa shape index (κ3) is 5.68. The zero-order valence-electron chi connectivity index (χ0n) is 18.3. The van der Waals surface area contributed by atoms with E-state index in [4.69, 9.17) is 16.3 Å². The van der Waals surface area contributed by atoms with Gasteiger partial charge in [-0.1, -0.05) is 30.7 Å². The normalized spacial score (nSPS) is 18.1. The Morgan fingerprint density at radius 3 is 2.66 bits per heavy atom. The van der Waals surface area contributed by atoms with Gasteiger partial charge in [0, 0.05) is 18.8 Å². The van der Waals surface area contributed by atoms with Crippen LogP contribution in [0.3, 0.4) is 0 Å². The van der Waals surface area contributed by atoms with Crippen LogP contribution in [0.2, 0.25) is 5.02 Å². The van der Waals surface area contributed by atoms with E-state index >= 15 is 0 Å². The number of benzene rings is 2. The number of carbonyl (C=O) groups is 2. The molecular weight excluding hydrogens is 452 g/mol. The predicted octanol–water partition coefficient (Wildman–Crippen LogP) is 4.25. The SMILES string of the molecule is Cc1cccc(NC(=O)C(C)OC(=O)c2ccc(Cl)c(S(=O)(=O)N3CCCC(C)C3)c2)c1. The maximum absolute atomic E-state index is 13.1. The number of hydrogen-bond donors (Lipinski definition) is 1. The molecular formula is C23H27ClN2O5S. The highest BCUT2D eigenvalue weighted by Gasteiger charge is 2.31. The van der Waals surface area contributed by atoms with Crippen LogP contribution in [0, 0.1) is 12.8 Å². The van der Waals surface area contributed by atoms with E-state index < -0.39 is 28.0 Å². The molecule has 1 N–H and O–H groups in total.